The highest BCUT2D eigenvalue weighted by Crippen LogP contribution is 2.12. The van der Waals surface area contributed by atoms with Gasteiger partial charge in [0, 0.05) is 0 Å². The van der Waals surface area contributed by atoms with Gasteiger partial charge in [-0.2, -0.15) is 0 Å². The molecule has 120 valence electrons. The molecule has 0 aromatic heterocycles. The summed E-state index contributed by atoms with van der Waals surface area (Å²) in [5.74, 6) is 0.918. The van der Waals surface area contributed by atoms with Crippen molar-refractivity contribution in [3.63, 3.8) is 0 Å². The summed E-state index contributed by atoms with van der Waals surface area (Å²) in [6.45, 7) is 6.85. The number of esters is 1. The van der Waals surface area contributed by atoms with Gasteiger partial charge < -0.3 is 4.74 Å². The lowest BCUT2D eigenvalue weighted by Gasteiger charge is -2.09. The summed E-state index contributed by atoms with van der Waals surface area (Å²) >= 11 is 1.65. The molecule has 0 aromatic rings. The Kier molecular flexibility index (Phi) is 15.1. The largest absolute Gasteiger partial charge is 0.465 e. The summed E-state index contributed by atoms with van der Waals surface area (Å²) in [6, 6.07) is 0. The highest BCUT2D eigenvalue weighted by molar-refractivity contribution is 8.00. The van der Waals surface area contributed by atoms with Crippen LogP contribution in [0, 0.1) is 0 Å². The van der Waals surface area contributed by atoms with Crippen molar-refractivity contribution >= 4 is 17.7 Å². The Morgan fingerprint density at radius 2 is 1.40 bits per heavy atom. The van der Waals surface area contributed by atoms with E-state index in [-0.39, 0.29) is 11.2 Å². The number of unbranched alkanes of at least 4 members (excludes halogenated alkanes) is 9. The maximum Gasteiger partial charge on any atom is 0.318 e. The molecule has 0 aliphatic heterocycles. The maximum atomic E-state index is 11.6. The lowest BCUT2D eigenvalue weighted by Crippen LogP contribution is -2.17. The average Bonchev–Trinajstić information content (AvgIpc) is 2.44. The topological polar surface area (TPSA) is 26.3 Å². The Labute approximate surface area is 130 Å². The van der Waals surface area contributed by atoms with Gasteiger partial charge >= 0.3 is 5.97 Å². The molecule has 2 nitrogen and oxygen atoms in total. The first-order chi connectivity index (χ1) is 9.72. The van der Waals surface area contributed by atoms with E-state index in [1.165, 1.54) is 57.8 Å². The standard InChI is InChI=1S/C17H34O2S/c1-4-6-7-8-9-10-11-12-13-14-15-19-17(18)16(3)20-5-2/h16H,4-15H2,1-3H3. The van der Waals surface area contributed by atoms with Crippen molar-refractivity contribution < 1.29 is 9.53 Å². The number of hydrogen-bond donors (Lipinski definition) is 0. The number of carbonyl (C=O) groups is 1. The van der Waals surface area contributed by atoms with E-state index in [0.29, 0.717) is 6.61 Å². The second kappa shape index (κ2) is 15.2. The molecule has 0 fully saturated rings. The third-order valence-electron chi connectivity index (χ3n) is 3.49. The van der Waals surface area contributed by atoms with Gasteiger partial charge in [0.15, 0.2) is 0 Å². The monoisotopic (exact) mass is 302 g/mol. The van der Waals surface area contributed by atoms with Gasteiger partial charge in [-0.1, -0.05) is 71.6 Å². The molecule has 0 bridgehead atoms. The molecule has 0 heterocycles. The minimum absolute atomic E-state index is 0.0110. The van der Waals surface area contributed by atoms with Crippen molar-refractivity contribution in [2.45, 2.75) is 90.2 Å². The summed E-state index contributed by atoms with van der Waals surface area (Å²) < 4.78 is 5.27. The number of thioether (sulfide) groups is 1. The first-order valence-corrected chi connectivity index (χ1v) is 9.55. The van der Waals surface area contributed by atoms with Crippen LogP contribution < -0.4 is 0 Å². The number of carbonyl (C=O) groups excluding carboxylic acids is 1. The maximum absolute atomic E-state index is 11.6. The van der Waals surface area contributed by atoms with E-state index >= 15 is 0 Å². The van der Waals surface area contributed by atoms with Gasteiger partial charge in [0.25, 0.3) is 0 Å². The lowest BCUT2D eigenvalue weighted by atomic mass is 10.1. The van der Waals surface area contributed by atoms with Gasteiger partial charge in [0.05, 0.1) is 11.9 Å². The quantitative estimate of drug-likeness (QED) is 0.309. The Hall–Kier alpha value is -0.180. The van der Waals surface area contributed by atoms with E-state index in [4.69, 9.17) is 4.74 Å². The van der Waals surface area contributed by atoms with Crippen LogP contribution in [-0.2, 0) is 9.53 Å². The Balaban J connectivity index is 3.18. The SMILES string of the molecule is CCCCCCCCCCCCOC(=O)C(C)SCC. The second-order valence-electron chi connectivity index (χ2n) is 5.45. The zero-order valence-corrected chi connectivity index (χ0v) is 14.6. The van der Waals surface area contributed by atoms with Crippen LogP contribution in [-0.4, -0.2) is 23.6 Å². The fourth-order valence-corrected chi connectivity index (χ4v) is 2.90. The van der Waals surface area contributed by atoms with E-state index in [0.717, 1.165) is 12.2 Å². The van der Waals surface area contributed by atoms with Crippen LogP contribution in [0.15, 0.2) is 0 Å². The van der Waals surface area contributed by atoms with Crippen molar-refractivity contribution in [1.82, 2.24) is 0 Å². The zero-order valence-electron chi connectivity index (χ0n) is 13.8. The fourth-order valence-electron chi connectivity index (χ4n) is 2.20. The van der Waals surface area contributed by atoms with Crippen LogP contribution in [0.25, 0.3) is 0 Å². The molecule has 3 heteroatoms. The van der Waals surface area contributed by atoms with Crippen molar-refractivity contribution in [1.29, 1.82) is 0 Å². The van der Waals surface area contributed by atoms with E-state index in [9.17, 15) is 4.79 Å². The summed E-state index contributed by atoms with van der Waals surface area (Å²) in [6.07, 6.45) is 13.1. The van der Waals surface area contributed by atoms with Crippen LogP contribution in [0.4, 0.5) is 0 Å². The molecule has 1 atom stereocenters. The van der Waals surface area contributed by atoms with Gasteiger partial charge in [-0.05, 0) is 19.1 Å². The van der Waals surface area contributed by atoms with E-state index < -0.39 is 0 Å². The summed E-state index contributed by atoms with van der Waals surface area (Å²) in [5, 5.41) is -0.0110. The molecule has 0 aliphatic rings. The average molecular weight is 303 g/mol. The van der Waals surface area contributed by atoms with Crippen LogP contribution in [0.1, 0.15) is 85.0 Å². The summed E-state index contributed by atoms with van der Waals surface area (Å²) in [5.41, 5.74) is 0. The van der Waals surface area contributed by atoms with Crippen molar-refractivity contribution in [3.8, 4) is 0 Å². The highest BCUT2D eigenvalue weighted by Gasteiger charge is 2.12. The predicted molar refractivity (Wildman–Crippen MR) is 90.4 cm³/mol. The zero-order chi connectivity index (χ0) is 15.1. The molecule has 0 N–H and O–H groups in total. The van der Waals surface area contributed by atoms with Gasteiger partial charge in [0.2, 0.25) is 0 Å². The Bertz CT molecular complexity index is 219. The molecule has 0 radical (unpaired) electrons. The second-order valence-corrected chi connectivity index (χ2v) is 7.06. The summed E-state index contributed by atoms with van der Waals surface area (Å²) in [7, 11) is 0. The Morgan fingerprint density at radius 1 is 0.900 bits per heavy atom. The smallest absolute Gasteiger partial charge is 0.318 e. The Morgan fingerprint density at radius 3 is 1.90 bits per heavy atom. The highest BCUT2D eigenvalue weighted by atomic mass is 32.2. The van der Waals surface area contributed by atoms with Crippen LogP contribution >= 0.6 is 11.8 Å². The van der Waals surface area contributed by atoms with Gasteiger partial charge in [-0.3, -0.25) is 4.79 Å². The van der Waals surface area contributed by atoms with Crippen LogP contribution in [0.3, 0.4) is 0 Å². The number of rotatable bonds is 14. The van der Waals surface area contributed by atoms with E-state index in [2.05, 4.69) is 13.8 Å². The van der Waals surface area contributed by atoms with Crippen LogP contribution in [0.2, 0.25) is 0 Å². The van der Waals surface area contributed by atoms with E-state index in [1.807, 2.05) is 6.92 Å². The van der Waals surface area contributed by atoms with E-state index in [1.54, 1.807) is 11.8 Å². The summed E-state index contributed by atoms with van der Waals surface area (Å²) in [4.78, 5) is 11.6. The van der Waals surface area contributed by atoms with Crippen molar-refractivity contribution in [2.75, 3.05) is 12.4 Å². The molecule has 0 saturated heterocycles. The van der Waals surface area contributed by atoms with Crippen molar-refractivity contribution in [2.24, 2.45) is 0 Å². The minimum atomic E-state index is -0.0484. The van der Waals surface area contributed by atoms with Gasteiger partial charge in [-0.25, -0.2) is 0 Å². The molecule has 0 aliphatic carbocycles. The molecule has 0 saturated carbocycles. The predicted octanol–water partition coefficient (Wildman–Crippen LogP) is 5.59. The molecule has 20 heavy (non-hydrogen) atoms. The molecule has 0 aromatic carbocycles. The number of hydrogen-bond acceptors (Lipinski definition) is 3. The normalized spacial score (nSPS) is 12.3. The van der Waals surface area contributed by atoms with Gasteiger partial charge in [-0.15, -0.1) is 11.8 Å². The third kappa shape index (κ3) is 12.8. The molecule has 0 spiro atoms. The molecule has 0 amide bonds. The minimum Gasteiger partial charge on any atom is -0.465 e. The molecule has 1 unspecified atom stereocenters. The first kappa shape index (κ1) is 19.8. The third-order valence-corrected chi connectivity index (χ3v) is 4.52. The molecular weight excluding hydrogens is 268 g/mol. The fraction of sp³-hybridized carbons (Fsp3) is 0.941. The lowest BCUT2D eigenvalue weighted by molar-refractivity contribution is -0.142. The molecule has 0 rings (SSSR count). The first-order valence-electron chi connectivity index (χ1n) is 8.50. The number of ether oxygens (including phenoxy) is 1. The molecular formula is C17H34O2S. The van der Waals surface area contributed by atoms with Crippen molar-refractivity contribution in [3.05, 3.63) is 0 Å². The van der Waals surface area contributed by atoms with Gasteiger partial charge in [0.1, 0.15) is 0 Å². The van der Waals surface area contributed by atoms with Crippen LogP contribution in [0.5, 0.6) is 0 Å².